The Morgan fingerprint density at radius 2 is 2.39 bits per heavy atom. The van der Waals surface area contributed by atoms with Crippen molar-refractivity contribution in [3.63, 3.8) is 0 Å². The van der Waals surface area contributed by atoms with Crippen LogP contribution in [0, 0.1) is 5.92 Å². The van der Waals surface area contributed by atoms with E-state index < -0.39 is 0 Å². The zero-order valence-electron chi connectivity index (χ0n) is 10.7. The van der Waals surface area contributed by atoms with Gasteiger partial charge in [0.1, 0.15) is 4.60 Å². The highest BCUT2D eigenvalue weighted by Crippen LogP contribution is 2.16. The van der Waals surface area contributed by atoms with Crippen LogP contribution < -0.4 is 5.32 Å². The molecule has 0 saturated carbocycles. The van der Waals surface area contributed by atoms with Crippen LogP contribution in [0.25, 0.3) is 0 Å². The monoisotopic (exact) mass is 311 g/mol. The van der Waals surface area contributed by atoms with E-state index in [1.807, 2.05) is 0 Å². The summed E-state index contributed by atoms with van der Waals surface area (Å²) in [6.45, 7) is 4.25. The molecule has 0 spiro atoms. The van der Waals surface area contributed by atoms with E-state index in [0.29, 0.717) is 16.1 Å². The second kappa shape index (κ2) is 5.80. The Morgan fingerprint density at radius 3 is 3.06 bits per heavy atom. The van der Waals surface area contributed by atoms with E-state index in [1.165, 1.54) is 0 Å². The molecule has 5 heteroatoms. The molecule has 1 aromatic rings. The Balaban J connectivity index is 1.99. The number of pyridine rings is 1. The van der Waals surface area contributed by atoms with Crippen molar-refractivity contribution in [2.24, 2.45) is 5.92 Å². The highest BCUT2D eigenvalue weighted by atomic mass is 79.9. The predicted molar refractivity (Wildman–Crippen MR) is 74.5 cm³/mol. The van der Waals surface area contributed by atoms with Gasteiger partial charge in [0.2, 0.25) is 0 Å². The number of hydrogen-bond donors (Lipinski definition) is 1. The summed E-state index contributed by atoms with van der Waals surface area (Å²) in [6, 6.07) is 3.75. The SMILES string of the molecule is CC1CN(C)CCC1NC(=O)c1ccnc(Br)c1. The maximum Gasteiger partial charge on any atom is 0.251 e. The van der Waals surface area contributed by atoms with Crippen molar-refractivity contribution < 1.29 is 4.79 Å². The van der Waals surface area contributed by atoms with Crippen molar-refractivity contribution in [1.29, 1.82) is 0 Å². The van der Waals surface area contributed by atoms with E-state index in [2.05, 4.69) is 45.1 Å². The average Bonchev–Trinajstić information content (AvgIpc) is 2.32. The summed E-state index contributed by atoms with van der Waals surface area (Å²) in [5.41, 5.74) is 0.656. The molecule has 18 heavy (non-hydrogen) atoms. The number of rotatable bonds is 2. The Morgan fingerprint density at radius 1 is 1.61 bits per heavy atom. The number of amides is 1. The minimum Gasteiger partial charge on any atom is -0.349 e. The fourth-order valence-corrected chi connectivity index (χ4v) is 2.73. The molecule has 2 unspecified atom stereocenters. The van der Waals surface area contributed by atoms with Gasteiger partial charge >= 0.3 is 0 Å². The van der Waals surface area contributed by atoms with Gasteiger partial charge in [0.15, 0.2) is 0 Å². The molecule has 1 N–H and O–H groups in total. The molecule has 2 atom stereocenters. The first-order chi connectivity index (χ1) is 8.56. The summed E-state index contributed by atoms with van der Waals surface area (Å²) in [5, 5.41) is 3.12. The van der Waals surface area contributed by atoms with E-state index in [-0.39, 0.29) is 11.9 Å². The second-order valence-corrected chi connectivity index (χ2v) is 5.79. The number of nitrogens with one attached hydrogen (secondary N) is 1. The lowest BCUT2D eigenvalue weighted by molar-refractivity contribution is 0.0883. The molecule has 1 fully saturated rings. The van der Waals surface area contributed by atoms with Gasteiger partial charge in [-0.15, -0.1) is 0 Å². The van der Waals surface area contributed by atoms with Crippen LogP contribution >= 0.6 is 15.9 Å². The fraction of sp³-hybridized carbons (Fsp3) is 0.538. The van der Waals surface area contributed by atoms with Crippen molar-refractivity contribution in [2.45, 2.75) is 19.4 Å². The quantitative estimate of drug-likeness (QED) is 0.849. The van der Waals surface area contributed by atoms with Gasteiger partial charge in [-0.1, -0.05) is 6.92 Å². The normalized spacial score (nSPS) is 24.8. The third-order valence-electron chi connectivity index (χ3n) is 3.41. The van der Waals surface area contributed by atoms with Gasteiger partial charge in [0.25, 0.3) is 5.91 Å². The third kappa shape index (κ3) is 3.29. The molecule has 2 heterocycles. The van der Waals surface area contributed by atoms with Crippen LogP contribution in [0.5, 0.6) is 0 Å². The van der Waals surface area contributed by atoms with Gasteiger partial charge in [0, 0.05) is 24.3 Å². The number of piperidine rings is 1. The smallest absolute Gasteiger partial charge is 0.251 e. The molecule has 0 aliphatic carbocycles. The minimum atomic E-state index is -0.0143. The molecule has 4 nitrogen and oxygen atoms in total. The van der Waals surface area contributed by atoms with Gasteiger partial charge in [-0.2, -0.15) is 0 Å². The Labute approximate surface area is 116 Å². The second-order valence-electron chi connectivity index (χ2n) is 4.98. The zero-order chi connectivity index (χ0) is 13.1. The summed E-state index contributed by atoms with van der Waals surface area (Å²) in [6.07, 6.45) is 2.65. The highest BCUT2D eigenvalue weighted by molar-refractivity contribution is 9.10. The van der Waals surface area contributed by atoms with Gasteiger partial charge < -0.3 is 10.2 Å². The third-order valence-corrected chi connectivity index (χ3v) is 3.85. The summed E-state index contributed by atoms with van der Waals surface area (Å²) in [7, 11) is 2.12. The first-order valence-electron chi connectivity index (χ1n) is 6.17. The maximum absolute atomic E-state index is 12.1. The minimum absolute atomic E-state index is 0.0143. The number of hydrogen-bond acceptors (Lipinski definition) is 3. The summed E-state index contributed by atoms with van der Waals surface area (Å²) >= 11 is 3.28. The first-order valence-corrected chi connectivity index (χ1v) is 6.96. The van der Waals surface area contributed by atoms with E-state index in [1.54, 1.807) is 18.3 Å². The number of halogens is 1. The number of likely N-dealkylation sites (tertiary alicyclic amines) is 1. The number of aromatic nitrogens is 1. The highest BCUT2D eigenvalue weighted by Gasteiger charge is 2.25. The van der Waals surface area contributed by atoms with Gasteiger partial charge in [0.05, 0.1) is 0 Å². The number of nitrogens with zero attached hydrogens (tertiary/aromatic N) is 2. The molecule has 0 bridgehead atoms. The van der Waals surface area contributed by atoms with Crippen LogP contribution in [-0.2, 0) is 0 Å². The van der Waals surface area contributed by atoms with Gasteiger partial charge in [-0.25, -0.2) is 4.98 Å². The van der Waals surface area contributed by atoms with E-state index in [4.69, 9.17) is 0 Å². The summed E-state index contributed by atoms with van der Waals surface area (Å²) in [5.74, 6) is 0.470. The van der Waals surface area contributed by atoms with Crippen molar-refractivity contribution in [2.75, 3.05) is 20.1 Å². The van der Waals surface area contributed by atoms with E-state index in [9.17, 15) is 4.79 Å². The summed E-state index contributed by atoms with van der Waals surface area (Å²) in [4.78, 5) is 18.4. The molecule has 1 aromatic heterocycles. The molecule has 1 aliphatic rings. The lowest BCUT2D eigenvalue weighted by Crippen LogP contribution is -2.48. The molecule has 1 saturated heterocycles. The lowest BCUT2D eigenvalue weighted by Gasteiger charge is -2.35. The Hall–Kier alpha value is -0.940. The Kier molecular flexibility index (Phi) is 4.35. The molecule has 98 valence electrons. The Bertz CT molecular complexity index is 438. The largest absolute Gasteiger partial charge is 0.349 e. The van der Waals surface area contributed by atoms with Crippen molar-refractivity contribution in [3.8, 4) is 0 Å². The zero-order valence-corrected chi connectivity index (χ0v) is 12.3. The van der Waals surface area contributed by atoms with Gasteiger partial charge in [-0.3, -0.25) is 4.79 Å². The fourth-order valence-electron chi connectivity index (χ4n) is 2.36. The molecule has 1 aliphatic heterocycles. The van der Waals surface area contributed by atoms with Crippen LogP contribution in [0.2, 0.25) is 0 Å². The molecule has 1 amide bonds. The average molecular weight is 312 g/mol. The number of carbonyl (C=O) groups is 1. The number of carbonyl (C=O) groups excluding carboxylic acids is 1. The van der Waals surface area contributed by atoms with Crippen LogP contribution in [0.15, 0.2) is 22.9 Å². The predicted octanol–water partition coefficient (Wildman–Crippen LogP) is 1.91. The van der Waals surface area contributed by atoms with Crippen molar-refractivity contribution in [1.82, 2.24) is 15.2 Å². The van der Waals surface area contributed by atoms with Crippen molar-refractivity contribution >= 4 is 21.8 Å². The van der Waals surface area contributed by atoms with E-state index in [0.717, 1.165) is 19.5 Å². The molecular weight excluding hydrogens is 294 g/mol. The lowest BCUT2D eigenvalue weighted by atomic mass is 9.94. The molecule has 0 radical (unpaired) electrons. The van der Waals surface area contributed by atoms with Crippen molar-refractivity contribution in [3.05, 3.63) is 28.5 Å². The summed E-state index contributed by atoms with van der Waals surface area (Å²) < 4.78 is 0.687. The maximum atomic E-state index is 12.1. The molecular formula is C13H18BrN3O. The first kappa shape index (κ1) is 13.5. The van der Waals surface area contributed by atoms with Gasteiger partial charge in [-0.05, 0) is 54.0 Å². The van der Waals surface area contributed by atoms with Crippen LogP contribution in [-0.4, -0.2) is 42.0 Å². The molecule has 2 rings (SSSR count). The van der Waals surface area contributed by atoms with E-state index >= 15 is 0 Å². The van der Waals surface area contributed by atoms with Crippen LogP contribution in [0.3, 0.4) is 0 Å². The standard InChI is InChI=1S/C13H18BrN3O/c1-9-8-17(2)6-4-11(9)16-13(18)10-3-5-15-12(14)7-10/h3,5,7,9,11H,4,6,8H2,1-2H3,(H,16,18). The van der Waals surface area contributed by atoms with Crippen LogP contribution in [0.4, 0.5) is 0 Å². The van der Waals surface area contributed by atoms with Crippen LogP contribution in [0.1, 0.15) is 23.7 Å². The topological polar surface area (TPSA) is 45.2 Å². The molecule has 0 aromatic carbocycles.